The molecule has 0 amide bonds. The van der Waals surface area contributed by atoms with Crippen molar-refractivity contribution in [3.8, 4) is 0 Å². The first-order valence-electron chi connectivity index (χ1n) is 16.7. The molecule has 0 aromatic heterocycles. The second kappa shape index (κ2) is 24.6. The molecule has 1 aliphatic rings. The molecule has 0 spiro atoms. The van der Waals surface area contributed by atoms with Crippen molar-refractivity contribution >= 4 is 24.2 Å². The van der Waals surface area contributed by atoms with Crippen LogP contribution in [0.2, 0.25) is 0 Å². The zero-order valence-corrected chi connectivity index (χ0v) is 26.3. The SMILES string of the molecule is CCCCCCCCOC(=O)CC(C=O)(CC(=O)OCCCCCCCC)OC(=O)CCCCCCN1CCCC1. The van der Waals surface area contributed by atoms with Gasteiger partial charge >= 0.3 is 17.9 Å². The van der Waals surface area contributed by atoms with Gasteiger partial charge in [-0.2, -0.15) is 0 Å². The molecule has 0 bridgehead atoms. The topological polar surface area (TPSA) is 99.2 Å². The molecule has 1 fully saturated rings. The van der Waals surface area contributed by atoms with Gasteiger partial charge in [-0.15, -0.1) is 0 Å². The van der Waals surface area contributed by atoms with E-state index in [1.165, 1.54) is 51.6 Å². The number of nitrogens with zero attached hydrogens (tertiary/aromatic N) is 1. The fraction of sp³-hybridized carbons (Fsp3) is 0.879. The molecule has 0 radical (unpaired) electrons. The van der Waals surface area contributed by atoms with Crippen molar-refractivity contribution in [1.82, 2.24) is 4.90 Å². The van der Waals surface area contributed by atoms with E-state index in [1.807, 2.05) is 0 Å². The lowest BCUT2D eigenvalue weighted by Gasteiger charge is -2.26. The van der Waals surface area contributed by atoms with Crippen LogP contribution in [0.25, 0.3) is 0 Å². The minimum absolute atomic E-state index is 0.138. The van der Waals surface area contributed by atoms with Gasteiger partial charge in [0.25, 0.3) is 0 Å². The summed E-state index contributed by atoms with van der Waals surface area (Å²) in [6.07, 6.45) is 18.4. The molecule has 1 aliphatic heterocycles. The number of carbonyl (C=O) groups excluding carboxylic acids is 4. The number of hydrogen-bond donors (Lipinski definition) is 0. The highest BCUT2D eigenvalue weighted by atomic mass is 16.6. The van der Waals surface area contributed by atoms with E-state index in [-0.39, 0.29) is 19.6 Å². The molecule has 41 heavy (non-hydrogen) atoms. The lowest BCUT2D eigenvalue weighted by Crippen LogP contribution is -2.42. The molecule has 0 unspecified atom stereocenters. The van der Waals surface area contributed by atoms with Crippen LogP contribution in [0.4, 0.5) is 0 Å². The quantitative estimate of drug-likeness (QED) is 0.0438. The van der Waals surface area contributed by atoms with Gasteiger partial charge in [0.1, 0.15) is 0 Å². The van der Waals surface area contributed by atoms with Crippen LogP contribution >= 0.6 is 0 Å². The first-order chi connectivity index (χ1) is 19.9. The Morgan fingerprint density at radius 3 is 1.61 bits per heavy atom. The number of ether oxygens (including phenoxy) is 3. The van der Waals surface area contributed by atoms with Gasteiger partial charge in [0.15, 0.2) is 11.9 Å². The van der Waals surface area contributed by atoms with E-state index in [0.717, 1.165) is 77.2 Å². The zero-order chi connectivity index (χ0) is 30.0. The molecule has 1 saturated heterocycles. The highest BCUT2D eigenvalue weighted by Crippen LogP contribution is 2.23. The van der Waals surface area contributed by atoms with Crippen molar-refractivity contribution in [2.24, 2.45) is 0 Å². The van der Waals surface area contributed by atoms with Gasteiger partial charge in [0.2, 0.25) is 0 Å². The van der Waals surface area contributed by atoms with Crippen molar-refractivity contribution in [3.05, 3.63) is 0 Å². The van der Waals surface area contributed by atoms with Crippen LogP contribution < -0.4 is 0 Å². The summed E-state index contributed by atoms with van der Waals surface area (Å²) in [7, 11) is 0. The Labute approximate surface area is 249 Å². The van der Waals surface area contributed by atoms with Gasteiger partial charge in [-0.25, -0.2) is 0 Å². The minimum Gasteiger partial charge on any atom is -0.466 e. The van der Waals surface area contributed by atoms with Crippen LogP contribution in [0, 0.1) is 0 Å². The molecular formula is C33H59NO7. The minimum atomic E-state index is -1.90. The summed E-state index contributed by atoms with van der Waals surface area (Å²) in [4.78, 5) is 52.6. The van der Waals surface area contributed by atoms with E-state index in [2.05, 4.69) is 18.7 Å². The van der Waals surface area contributed by atoms with Crippen molar-refractivity contribution in [1.29, 1.82) is 0 Å². The van der Waals surface area contributed by atoms with Crippen LogP contribution in [0.5, 0.6) is 0 Å². The smallest absolute Gasteiger partial charge is 0.310 e. The molecule has 0 atom stereocenters. The molecular weight excluding hydrogens is 522 g/mol. The first-order valence-corrected chi connectivity index (χ1v) is 16.7. The van der Waals surface area contributed by atoms with Gasteiger partial charge in [-0.3, -0.25) is 19.2 Å². The standard InChI is InChI=1S/C33H59NO7/c1-3-5-7-9-13-19-25-39-31(37)27-33(29-35,28-32(38)40-26-20-14-10-8-6-4-2)41-30(36)21-15-11-12-16-22-34-23-17-18-24-34/h29H,3-28H2,1-2H3. The molecule has 0 aromatic rings. The third kappa shape index (κ3) is 19.7. The Morgan fingerprint density at radius 1 is 0.634 bits per heavy atom. The maximum absolute atomic E-state index is 12.7. The van der Waals surface area contributed by atoms with E-state index in [4.69, 9.17) is 14.2 Å². The van der Waals surface area contributed by atoms with E-state index in [0.29, 0.717) is 12.7 Å². The maximum Gasteiger partial charge on any atom is 0.310 e. The van der Waals surface area contributed by atoms with Gasteiger partial charge in [0.05, 0.1) is 26.1 Å². The Balaban J connectivity index is 2.52. The summed E-state index contributed by atoms with van der Waals surface area (Å²) in [5.74, 6) is -1.88. The van der Waals surface area contributed by atoms with Crippen molar-refractivity contribution < 1.29 is 33.4 Å². The molecule has 8 heteroatoms. The van der Waals surface area contributed by atoms with Crippen LogP contribution in [0.3, 0.4) is 0 Å². The van der Waals surface area contributed by atoms with Gasteiger partial charge < -0.3 is 19.1 Å². The van der Waals surface area contributed by atoms with Crippen LogP contribution in [0.15, 0.2) is 0 Å². The Hall–Kier alpha value is -1.96. The lowest BCUT2D eigenvalue weighted by molar-refractivity contribution is -0.174. The van der Waals surface area contributed by atoms with Gasteiger partial charge in [-0.05, 0) is 58.2 Å². The summed E-state index contributed by atoms with van der Waals surface area (Å²) in [5, 5.41) is 0. The lowest BCUT2D eigenvalue weighted by atomic mass is 9.96. The number of unbranched alkanes of at least 4 members (excludes halogenated alkanes) is 13. The molecule has 238 valence electrons. The molecule has 8 nitrogen and oxygen atoms in total. The fourth-order valence-corrected chi connectivity index (χ4v) is 5.21. The largest absolute Gasteiger partial charge is 0.466 e. The Morgan fingerprint density at radius 2 is 1.10 bits per heavy atom. The molecule has 0 N–H and O–H groups in total. The van der Waals surface area contributed by atoms with E-state index >= 15 is 0 Å². The van der Waals surface area contributed by atoms with Gasteiger partial charge in [-0.1, -0.05) is 90.9 Å². The first kappa shape index (κ1) is 37.1. The van der Waals surface area contributed by atoms with E-state index in [1.54, 1.807) is 0 Å². The highest BCUT2D eigenvalue weighted by molar-refractivity contribution is 5.86. The predicted molar refractivity (Wildman–Crippen MR) is 162 cm³/mol. The van der Waals surface area contributed by atoms with E-state index < -0.39 is 36.4 Å². The molecule has 0 aromatic carbocycles. The van der Waals surface area contributed by atoms with Gasteiger partial charge in [0, 0.05) is 6.42 Å². The van der Waals surface area contributed by atoms with Crippen molar-refractivity contribution in [2.75, 3.05) is 32.8 Å². The van der Waals surface area contributed by atoms with Crippen molar-refractivity contribution in [3.63, 3.8) is 0 Å². The second-order valence-electron chi connectivity index (χ2n) is 11.7. The number of carbonyl (C=O) groups is 4. The number of likely N-dealkylation sites (tertiary alicyclic amines) is 1. The highest BCUT2D eigenvalue weighted by Gasteiger charge is 2.40. The average Bonchev–Trinajstić information content (AvgIpc) is 3.47. The normalized spacial score (nSPS) is 13.7. The van der Waals surface area contributed by atoms with Crippen molar-refractivity contribution in [2.45, 2.75) is 154 Å². The summed E-state index contributed by atoms with van der Waals surface area (Å²) in [6, 6.07) is 0. The summed E-state index contributed by atoms with van der Waals surface area (Å²) < 4.78 is 16.2. The molecule has 1 heterocycles. The third-order valence-electron chi connectivity index (χ3n) is 7.74. The number of rotatable bonds is 27. The Kier molecular flexibility index (Phi) is 22.3. The summed E-state index contributed by atoms with van der Waals surface area (Å²) >= 11 is 0. The summed E-state index contributed by atoms with van der Waals surface area (Å²) in [6.45, 7) is 8.28. The number of esters is 3. The predicted octanol–water partition coefficient (Wildman–Crippen LogP) is 7.10. The average molecular weight is 582 g/mol. The number of aldehydes is 1. The van der Waals surface area contributed by atoms with Crippen LogP contribution in [-0.4, -0.2) is 67.5 Å². The molecule has 1 rings (SSSR count). The Bertz CT molecular complexity index is 674. The zero-order valence-electron chi connectivity index (χ0n) is 26.3. The molecule has 0 aliphatic carbocycles. The summed E-state index contributed by atoms with van der Waals surface area (Å²) in [5.41, 5.74) is -1.90. The van der Waals surface area contributed by atoms with Crippen LogP contribution in [0.1, 0.15) is 149 Å². The fourth-order valence-electron chi connectivity index (χ4n) is 5.21. The van der Waals surface area contributed by atoms with E-state index in [9.17, 15) is 19.2 Å². The second-order valence-corrected chi connectivity index (χ2v) is 11.7. The third-order valence-corrected chi connectivity index (χ3v) is 7.74. The monoisotopic (exact) mass is 581 g/mol. The molecule has 0 saturated carbocycles. The number of hydrogen-bond acceptors (Lipinski definition) is 8. The van der Waals surface area contributed by atoms with Crippen LogP contribution in [-0.2, 0) is 33.4 Å². The maximum atomic E-state index is 12.7.